The number of methoxy groups -OCH3 is 1. The third kappa shape index (κ3) is 5.67. The number of nitrogens with zero attached hydrogens (tertiary/aromatic N) is 1. The molecular weight excluding hydrogens is 378 g/mol. The molecule has 3 rings (SSSR count). The molecule has 1 aliphatic heterocycles. The van der Waals surface area contributed by atoms with Gasteiger partial charge in [-0.25, -0.2) is 8.78 Å². The van der Waals surface area contributed by atoms with Crippen molar-refractivity contribution in [1.29, 1.82) is 0 Å². The lowest BCUT2D eigenvalue weighted by Crippen LogP contribution is -2.38. The third-order valence-corrected chi connectivity index (χ3v) is 4.97. The molecule has 7 heteroatoms. The zero-order valence-electron chi connectivity index (χ0n) is 16.7. The van der Waals surface area contributed by atoms with E-state index in [1.54, 1.807) is 7.11 Å². The third-order valence-electron chi connectivity index (χ3n) is 4.97. The van der Waals surface area contributed by atoms with Crippen LogP contribution in [0.3, 0.4) is 0 Å². The van der Waals surface area contributed by atoms with Gasteiger partial charge in [-0.1, -0.05) is 13.0 Å². The van der Waals surface area contributed by atoms with E-state index in [4.69, 9.17) is 9.47 Å². The maximum atomic E-state index is 13.3. The average Bonchev–Trinajstić information content (AvgIpc) is 2.88. The van der Waals surface area contributed by atoms with Crippen molar-refractivity contribution in [3.63, 3.8) is 0 Å². The molecule has 0 saturated heterocycles. The Morgan fingerprint density at radius 2 is 2.07 bits per heavy atom. The number of carbonyl (C=O) groups is 1. The van der Waals surface area contributed by atoms with Crippen LogP contribution in [-0.4, -0.2) is 43.7 Å². The molecule has 0 aliphatic carbocycles. The molecule has 0 fully saturated rings. The molecular formula is C22H26F2N2O3. The van der Waals surface area contributed by atoms with E-state index in [1.165, 1.54) is 6.07 Å². The highest BCUT2D eigenvalue weighted by Gasteiger charge is 2.22. The number of ether oxygens (including phenoxy) is 2. The normalized spacial score (nSPS) is 16.5. The van der Waals surface area contributed by atoms with Gasteiger partial charge in [0.2, 0.25) is 5.91 Å². The predicted octanol–water partition coefficient (Wildman–Crippen LogP) is 3.31. The first-order chi connectivity index (χ1) is 14.0. The number of benzene rings is 2. The first kappa shape index (κ1) is 21.0. The monoisotopic (exact) mass is 404 g/mol. The Morgan fingerprint density at radius 3 is 2.79 bits per heavy atom. The van der Waals surface area contributed by atoms with Crippen molar-refractivity contribution in [3.05, 3.63) is 59.2 Å². The van der Waals surface area contributed by atoms with Gasteiger partial charge in [-0.2, -0.15) is 0 Å². The molecule has 0 bridgehead atoms. The highest BCUT2D eigenvalue weighted by molar-refractivity contribution is 5.78. The Labute approximate surface area is 169 Å². The van der Waals surface area contributed by atoms with Crippen LogP contribution in [0.5, 0.6) is 11.5 Å². The summed E-state index contributed by atoms with van der Waals surface area (Å²) in [4.78, 5) is 14.4. The maximum Gasteiger partial charge on any atom is 0.224 e. The number of nitrogens with one attached hydrogen (secondary N) is 1. The van der Waals surface area contributed by atoms with Gasteiger partial charge < -0.3 is 14.8 Å². The first-order valence-electron chi connectivity index (χ1n) is 9.75. The van der Waals surface area contributed by atoms with E-state index in [9.17, 15) is 13.6 Å². The van der Waals surface area contributed by atoms with E-state index in [-0.39, 0.29) is 18.4 Å². The van der Waals surface area contributed by atoms with Gasteiger partial charge in [0.1, 0.15) is 17.6 Å². The van der Waals surface area contributed by atoms with Crippen LogP contribution in [0.15, 0.2) is 36.4 Å². The van der Waals surface area contributed by atoms with Crippen molar-refractivity contribution < 1.29 is 23.0 Å². The number of halogens is 2. The maximum absolute atomic E-state index is 13.3. The van der Waals surface area contributed by atoms with Crippen LogP contribution < -0.4 is 14.8 Å². The molecule has 5 nitrogen and oxygen atoms in total. The van der Waals surface area contributed by atoms with E-state index in [1.807, 2.05) is 18.2 Å². The van der Waals surface area contributed by atoms with E-state index >= 15 is 0 Å². The number of hydrogen-bond donors (Lipinski definition) is 1. The summed E-state index contributed by atoms with van der Waals surface area (Å²) in [5.41, 5.74) is 1.49. The van der Waals surface area contributed by atoms with Crippen LogP contribution in [0.4, 0.5) is 8.78 Å². The van der Waals surface area contributed by atoms with E-state index in [0.29, 0.717) is 25.2 Å². The Morgan fingerprint density at radius 1 is 1.24 bits per heavy atom. The van der Waals surface area contributed by atoms with E-state index in [0.717, 1.165) is 42.2 Å². The van der Waals surface area contributed by atoms with Crippen molar-refractivity contribution in [3.8, 4) is 11.5 Å². The molecule has 1 heterocycles. The summed E-state index contributed by atoms with van der Waals surface area (Å²) in [5.74, 6) is -0.444. The summed E-state index contributed by atoms with van der Waals surface area (Å²) in [6.45, 7) is 4.65. The second-order valence-electron chi connectivity index (χ2n) is 7.13. The van der Waals surface area contributed by atoms with Crippen molar-refractivity contribution in [2.75, 3.05) is 26.7 Å². The Kier molecular flexibility index (Phi) is 7.04. The molecule has 1 amide bonds. The zero-order valence-corrected chi connectivity index (χ0v) is 16.7. The quantitative estimate of drug-likeness (QED) is 0.769. The molecule has 2 aromatic carbocycles. The van der Waals surface area contributed by atoms with Gasteiger partial charge in [0.15, 0.2) is 11.6 Å². The minimum Gasteiger partial charge on any atom is -0.497 e. The average molecular weight is 404 g/mol. The number of rotatable bonds is 7. The van der Waals surface area contributed by atoms with Crippen LogP contribution in [0.25, 0.3) is 0 Å². The molecule has 0 radical (unpaired) electrons. The fraction of sp³-hybridized carbons (Fsp3) is 0.409. The summed E-state index contributed by atoms with van der Waals surface area (Å²) >= 11 is 0. The van der Waals surface area contributed by atoms with Crippen LogP contribution in [0.1, 0.15) is 24.5 Å². The molecule has 1 aliphatic rings. The van der Waals surface area contributed by atoms with Crippen molar-refractivity contribution >= 4 is 5.91 Å². The predicted molar refractivity (Wildman–Crippen MR) is 106 cm³/mol. The molecule has 1 atom stereocenters. The molecule has 156 valence electrons. The van der Waals surface area contributed by atoms with Gasteiger partial charge in [-0.15, -0.1) is 0 Å². The van der Waals surface area contributed by atoms with Gasteiger partial charge in [0.05, 0.1) is 13.5 Å². The Balaban J connectivity index is 1.55. The number of fused-ring (bicyclic) bond motifs is 1. The fourth-order valence-electron chi connectivity index (χ4n) is 3.37. The first-order valence-corrected chi connectivity index (χ1v) is 9.75. The van der Waals surface area contributed by atoms with Gasteiger partial charge in [-0.05, 0) is 42.3 Å². The summed E-state index contributed by atoms with van der Waals surface area (Å²) in [6.07, 6.45) is 0.963. The van der Waals surface area contributed by atoms with Crippen molar-refractivity contribution in [2.24, 2.45) is 0 Å². The van der Waals surface area contributed by atoms with Crippen molar-refractivity contribution in [1.82, 2.24) is 10.2 Å². The molecule has 29 heavy (non-hydrogen) atoms. The van der Waals surface area contributed by atoms with Crippen LogP contribution in [0.2, 0.25) is 0 Å². The van der Waals surface area contributed by atoms with E-state index in [2.05, 4.69) is 17.1 Å². The Hall–Kier alpha value is -2.67. The second kappa shape index (κ2) is 9.69. The van der Waals surface area contributed by atoms with Gasteiger partial charge in [0, 0.05) is 31.7 Å². The molecule has 1 N–H and O–H groups in total. The summed E-state index contributed by atoms with van der Waals surface area (Å²) < 4.78 is 37.7. The summed E-state index contributed by atoms with van der Waals surface area (Å²) in [7, 11) is 1.63. The Bertz CT molecular complexity index is 860. The highest BCUT2D eigenvalue weighted by Crippen LogP contribution is 2.29. The SMILES string of the molecule is CCC1CN(CCNC(=O)Cc2ccc(F)c(F)c2)Cc2cc(OC)ccc2O1. The molecule has 0 spiro atoms. The topological polar surface area (TPSA) is 50.8 Å². The second-order valence-corrected chi connectivity index (χ2v) is 7.13. The van der Waals surface area contributed by atoms with Gasteiger partial charge >= 0.3 is 0 Å². The lowest BCUT2D eigenvalue weighted by atomic mass is 10.1. The minimum absolute atomic E-state index is 0.0118. The van der Waals surface area contributed by atoms with Gasteiger partial charge in [-0.3, -0.25) is 9.69 Å². The van der Waals surface area contributed by atoms with Crippen LogP contribution >= 0.6 is 0 Å². The van der Waals surface area contributed by atoms with Crippen LogP contribution in [-0.2, 0) is 17.8 Å². The number of amides is 1. The minimum atomic E-state index is -0.945. The largest absolute Gasteiger partial charge is 0.497 e. The molecule has 0 aromatic heterocycles. The van der Waals surface area contributed by atoms with Crippen LogP contribution in [0, 0.1) is 11.6 Å². The fourth-order valence-corrected chi connectivity index (χ4v) is 3.37. The number of carbonyl (C=O) groups excluding carboxylic acids is 1. The molecule has 0 saturated carbocycles. The summed E-state index contributed by atoms with van der Waals surface area (Å²) in [6, 6.07) is 9.30. The number of hydrogen-bond acceptors (Lipinski definition) is 4. The lowest BCUT2D eigenvalue weighted by Gasteiger charge is -2.23. The molecule has 1 unspecified atom stereocenters. The summed E-state index contributed by atoms with van der Waals surface area (Å²) in [5, 5.41) is 2.85. The van der Waals surface area contributed by atoms with E-state index < -0.39 is 11.6 Å². The van der Waals surface area contributed by atoms with Crippen molar-refractivity contribution in [2.45, 2.75) is 32.4 Å². The van der Waals surface area contributed by atoms with Gasteiger partial charge in [0.25, 0.3) is 0 Å². The zero-order chi connectivity index (χ0) is 20.8. The smallest absolute Gasteiger partial charge is 0.224 e. The highest BCUT2D eigenvalue weighted by atomic mass is 19.2. The standard InChI is InChI=1S/C22H26F2N2O3/c1-3-17-14-26(13-16-12-18(28-2)5-7-21(16)29-17)9-8-25-22(27)11-15-4-6-19(23)20(24)10-15/h4-7,10,12,17H,3,8-9,11,13-14H2,1-2H3,(H,25,27). The lowest BCUT2D eigenvalue weighted by molar-refractivity contribution is -0.120. The molecule has 2 aromatic rings.